The first-order valence-corrected chi connectivity index (χ1v) is 6.36. The second kappa shape index (κ2) is 6.73. The molecule has 0 bridgehead atoms. The maximum atomic E-state index is 12.1. The Morgan fingerprint density at radius 1 is 1.22 bits per heavy atom. The fourth-order valence-corrected chi connectivity index (χ4v) is 1.93. The molecule has 5 heteroatoms. The van der Waals surface area contributed by atoms with E-state index >= 15 is 0 Å². The second-order valence-corrected chi connectivity index (χ2v) is 6.31. The molecule has 1 atom stereocenters. The Kier molecular flexibility index (Phi) is 6.32. The van der Waals surface area contributed by atoms with Gasteiger partial charge in [0.2, 0.25) is 11.8 Å². The molecule has 0 rings (SSSR count). The molecule has 0 aromatic rings. The van der Waals surface area contributed by atoms with Gasteiger partial charge in [0.15, 0.2) is 0 Å². The van der Waals surface area contributed by atoms with Crippen LogP contribution in [0.2, 0.25) is 0 Å². The highest BCUT2D eigenvalue weighted by atomic mass is 16.2. The largest absolute Gasteiger partial charge is 0.368 e. The summed E-state index contributed by atoms with van der Waals surface area (Å²) in [5.41, 5.74) is 11.2. The van der Waals surface area contributed by atoms with Crippen LogP contribution in [0.15, 0.2) is 0 Å². The highest BCUT2D eigenvalue weighted by molar-refractivity contribution is 5.84. The zero-order valence-electron chi connectivity index (χ0n) is 12.2. The number of hydrogen-bond donors (Lipinski definition) is 2. The Morgan fingerprint density at radius 2 is 1.72 bits per heavy atom. The molecule has 4 N–H and O–H groups in total. The van der Waals surface area contributed by atoms with Crippen molar-refractivity contribution in [1.82, 2.24) is 4.90 Å². The summed E-state index contributed by atoms with van der Waals surface area (Å²) in [6, 6.07) is -0.238. The van der Waals surface area contributed by atoms with E-state index in [4.69, 9.17) is 11.5 Å². The topological polar surface area (TPSA) is 89.4 Å². The van der Waals surface area contributed by atoms with Crippen molar-refractivity contribution in [2.75, 3.05) is 6.54 Å². The fourth-order valence-electron chi connectivity index (χ4n) is 1.93. The minimum Gasteiger partial charge on any atom is -0.368 e. The Morgan fingerprint density at radius 3 is 2.06 bits per heavy atom. The van der Waals surface area contributed by atoms with E-state index in [0.717, 1.165) is 6.42 Å². The lowest BCUT2D eigenvalue weighted by Gasteiger charge is -2.28. The van der Waals surface area contributed by atoms with Crippen LogP contribution in [0.4, 0.5) is 0 Å². The van der Waals surface area contributed by atoms with Crippen LogP contribution in [0.1, 0.15) is 47.5 Å². The number of rotatable bonds is 6. The maximum Gasteiger partial charge on any atom is 0.237 e. The number of nitrogens with zero attached hydrogens (tertiary/aromatic N) is 1. The van der Waals surface area contributed by atoms with Gasteiger partial charge in [-0.2, -0.15) is 0 Å². The molecule has 0 aliphatic heterocycles. The minimum absolute atomic E-state index is 0.0429. The summed E-state index contributed by atoms with van der Waals surface area (Å²) >= 11 is 0. The van der Waals surface area contributed by atoms with Gasteiger partial charge in [0, 0.05) is 18.5 Å². The maximum absolute atomic E-state index is 12.1. The molecule has 0 saturated carbocycles. The van der Waals surface area contributed by atoms with E-state index in [9.17, 15) is 9.59 Å². The molecule has 0 aliphatic carbocycles. The molecule has 5 nitrogen and oxygen atoms in total. The van der Waals surface area contributed by atoms with Crippen molar-refractivity contribution >= 4 is 11.8 Å². The minimum atomic E-state index is -0.499. The summed E-state index contributed by atoms with van der Waals surface area (Å²) in [6.45, 7) is 9.92. The lowest BCUT2D eigenvalue weighted by molar-refractivity contribution is -0.137. The smallest absolute Gasteiger partial charge is 0.237 e. The summed E-state index contributed by atoms with van der Waals surface area (Å²) in [5, 5.41) is 0. The lowest BCUT2D eigenvalue weighted by Crippen LogP contribution is -2.45. The number of carbonyl (C=O) groups is 2. The Hall–Kier alpha value is -1.10. The highest BCUT2D eigenvalue weighted by Gasteiger charge is 2.23. The molecular formula is C13H27N3O2. The van der Waals surface area contributed by atoms with E-state index in [0.29, 0.717) is 0 Å². The third-order valence-electron chi connectivity index (χ3n) is 2.58. The fraction of sp³-hybridized carbons (Fsp3) is 0.846. The molecular weight excluding hydrogens is 230 g/mol. The van der Waals surface area contributed by atoms with Crippen LogP contribution in [0, 0.1) is 5.41 Å². The molecule has 2 amide bonds. The summed E-state index contributed by atoms with van der Waals surface area (Å²) < 4.78 is 0. The molecule has 0 aliphatic rings. The molecule has 0 radical (unpaired) electrons. The van der Waals surface area contributed by atoms with Crippen molar-refractivity contribution in [3.8, 4) is 0 Å². The van der Waals surface area contributed by atoms with Crippen LogP contribution < -0.4 is 11.5 Å². The van der Waals surface area contributed by atoms with Gasteiger partial charge in [-0.25, -0.2) is 0 Å². The Balaban J connectivity index is 4.47. The number of primary amides is 1. The van der Waals surface area contributed by atoms with E-state index < -0.39 is 5.91 Å². The van der Waals surface area contributed by atoms with Gasteiger partial charge in [-0.3, -0.25) is 9.59 Å². The van der Waals surface area contributed by atoms with E-state index in [-0.39, 0.29) is 36.4 Å². The zero-order valence-corrected chi connectivity index (χ0v) is 12.2. The van der Waals surface area contributed by atoms with Crippen LogP contribution in [0.25, 0.3) is 0 Å². The first-order chi connectivity index (χ1) is 8.03. The summed E-state index contributed by atoms with van der Waals surface area (Å²) in [7, 11) is 0. The average Bonchev–Trinajstić information content (AvgIpc) is 2.09. The van der Waals surface area contributed by atoms with E-state index in [1.54, 1.807) is 0 Å². The summed E-state index contributed by atoms with van der Waals surface area (Å²) in [5.74, 6) is -0.609. The first-order valence-electron chi connectivity index (χ1n) is 6.36. The molecule has 0 spiro atoms. The summed E-state index contributed by atoms with van der Waals surface area (Å²) in [4.78, 5) is 24.5. The second-order valence-electron chi connectivity index (χ2n) is 6.31. The first kappa shape index (κ1) is 16.9. The van der Waals surface area contributed by atoms with E-state index in [1.807, 2.05) is 13.8 Å². The molecule has 0 aromatic heterocycles. The number of hydrogen-bond acceptors (Lipinski definition) is 3. The Bertz CT molecular complexity index is 295. The third kappa shape index (κ3) is 7.27. The van der Waals surface area contributed by atoms with E-state index in [1.165, 1.54) is 4.90 Å². The third-order valence-corrected chi connectivity index (χ3v) is 2.58. The SMILES string of the molecule is CC(C)N(CC(N)=O)C(=O)CC(N)CC(C)(C)C. The van der Waals surface area contributed by atoms with Gasteiger partial charge >= 0.3 is 0 Å². The van der Waals surface area contributed by atoms with Crippen molar-refractivity contribution in [2.24, 2.45) is 16.9 Å². The normalized spacial score (nSPS) is 13.5. The Labute approximate surface area is 110 Å². The molecule has 106 valence electrons. The van der Waals surface area contributed by atoms with Crippen LogP contribution in [0.3, 0.4) is 0 Å². The standard InChI is InChI=1S/C13H27N3O2/c1-9(2)16(8-11(15)17)12(18)6-10(14)7-13(3,4)5/h9-10H,6-8,14H2,1-5H3,(H2,15,17). The molecule has 0 fully saturated rings. The van der Waals surface area contributed by atoms with Gasteiger partial charge in [0.1, 0.15) is 0 Å². The number of carbonyl (C=O) groups excluding carboxylic acids is 2. The van der Waals surface area contributed by atoms with Crippen molar-refractivity contribution in [3.05, 3.63) is 0 Å². The van der Waals surface area contributed by atoms with Crippen LogP contribution >= 0.6 is 0 Å². The lowest BCUT2D eigenvalue weighted by atomic mass is 9.87. The number of amides is 2. The quantitative estimate of drug-likeness (QED) is 0.739. The molecule has 1 unspecified atom stereocenters. The van der Waals surface area contributed by atoms with Gasteiger partial charge < -0.3 is 16.4 Å². The predicted molar refractivity (Wildman–Crippen MR) is 72.7 cm³/mol. The van der Waals surface area contributed by atoms with Crippen LogP contribution in [-0.4, -0.2) is 35.3 Å². The van der Waals surface area contributed by atoms with Gasteiger partial charge in [-0.1, -0.05) is 20.8 Å². The predicted octanol–water partition coefficient (Wildman–Crippen LogP) is 0.862. The average molecular weight is 257 g/mol. The number of nitrogens with two attached hydrogens (primary N) is 2. The molecule has 0 aromatic carbocycles. The van der Waals surface area contributed by atoms with Crippen LogP contribution in [0.5, 0.6) is 0 Å². The molecule has 0 saturated heterocycles. The highest BCUT2D eigenvalue weighted by Crippen LogP contribution is 2.21. The monoisotopic (exact) mass is 257 g/mol. The molecule has 18 heavy (non-hydrogen) atoms. The zero-order chi connectivity index (χ0) is 14.5. The van der Waals surface area contributed by atoms with Crippen molar-refractivity contribution in [2.45, 2.75) is 59.5 Å². The van der Waals surface area contributed by atoms with Gasteiger partial charge in [0.05, 0.1) is 6.54 Å². The van der Waals surface area contributed by atoms with E-state index in [2.05, 4.69) is 20.8 Å². The van der Waals surface area contributed by atoms with Crippen molar-refractivity contribution < 1.29 is 9.59 Å². The van der Waals surface area contributed by atoms with Gasteiger partial charge in [-0.05, 0) is 25.7 Å². The summed E-state index contributed by atoms with van der Waals surface area (Å²) in [6.07, 6.45) is 1.02. The van der Waals surface area contributed by atoms with Gasteiger partial charge in [-0.15, -0.1) is 0 Å². The van der Waals surface area contributed by atoms with Crippen molar-refractivity contribution in [3.63, 3.8) is 0 Å². The van der Waals surface area contributed by atoms with Crippen molar-refractivity contribution in [1.29, 1.82) is 0 Å². The van der Waals surface area contributed by atoms with Gasteiger partial charge in [0.25, 0.3) is 0 Å². The van der Waals surface area contributed by atoms with Crippen LogP contribution in [-0.2, 0) is 9.59 Å². The molecule has 0 heterocycles.